The standard InChI is InChI=1S/C26H26N2O4.C25H18F6N2O3.C24H19F3N2O3/c1-17-5-3-6-18(11-17)16-32-24-14-22(31-2)9-10-23(24)20-13-25(29)28(15-20)21-8-4-7-19(12-21)26(27)30;26-24(27,28)17-10-18(25(29,30)31)12-21(11-17)36-20-6-2-3-14(8-20)16-9-22(34)33(13-16)19-5-1-4-15(7-19)23(32)35;25-24(26,27)18-7-9-20(10-8-18)32-21-6-2-3-15(12-21)17-13-22(30)29(14-17)19-5-1-4-16(11-19)23(28)31/h3-12,14,20H,13,15-16H2,1-2H3,(H2,27,30);1-8,10-12,16H,9,13H2,(H2,32,35);1-12,17H,13-14H2,(H2,28,31). The third-order valence-corrected chi connectivity index (χ3v) is 16.7. The van der Waals surface area contributed by atoms with Gasteiger partial charge in [0.05, 0.1) is 23.8 Å². The minimum Gasteiger partial charge on any atom is -0.497 e. The number of amides is 6. The predicted molar refractivity (Wildman–Crippen MR) is 353 cm³/mol. The van der Waals surface area contributed by atoms with Crippen molar-refractivity contribution < 1.29 is 87.2 Å². The van der Waals surface area contributed by atoms with Crippen molar-refractivity contribution in [3.05, 3.63) is 267 Å². The van der Waals surface area contributed by atoms with E-state index in [2.05, 4.69) is 6.07 Å². The number of hydrogen-bond acceptors (Lipinski definition) is 10. The highest BCUT2D eigenvalue weighted by atomic mass is 19.4. The monoisotopic (exact) mass is 1380 g/mol. The normalized spacial score (nSPS) is 16.1. The van der Waals surface area contributed by atoms with Crippen LogP contribution in [0.4, 0.5) is 56.6 Å². The number of aryl methyl sites for hydroxylation is 1. The van der Waals surface area contributed by atoms with Gasteiger partial charge in [0, 0.05) is 96.5 Å². The molecule has 100 heavy (non-hydrogen) atoms. The predicted octanol–water partition coefficient (Wildman–Crippen LogP) is 15.5. The number of carbonyl (C=O) groups is 6. The number of nitrogens with zero attached hydrogens (tertiary/aromatic N) is 3. The third kappa shape index (κ3) is 17.7. The van der Waals surface area contributed by atoms with Gasteiger partial charge in [0.2, 0.25) is 35.4 Å². The van der Waals surface area contributed by atoms with Gasteiger partial charge in [-0.15, -0.1) is 0 Å². The molecule has 516 valence electrons. The van der Waals surface area contributed by atoms with E-state index >= 15 is 0 Å². The van der Waals surface area contributed by atoms with Crippen molar-refractivity contribution in [2.75, 3.05) is 41.4 Å². The average molecular weight is 1380 g/mol. The van der Waals surface area contributed by atoms with Gasteiger partial charge >= 0.3 is 18.5 Å². The quantitative estimate of drug-likeness (QED) is 0.0731. The van der Waals surface area contributed by atoms with E-state index in [1.807, 2.05) is 55.5 Å². The first-order valence-electron chi connectivity index (χ1n) is 31.0. The van der Waals surface area contributed by atoms with E-state index < -0.39 is 58.7 Å². The smallest absolute Gasteiger partial charge is 0.416 e. The molecule has 3 aliphatic rings. The molecule has 9 aromatic rings. The molecule has 6 N–H and O–H groups in total. The number of alkyl halides is 9. The molecule has 9 aromatic carbocycles. The number of halogens is 9. The molecular weight excluding hydrogens is 1320 g/mol. The first kappa shape index (κ1) is 71.2. The number of primary amides is 3. The number of rotatable bonds is 17. The second-order valence-corrected chi connectivity index (χ2v) is 23.8. The number of carbonyl (C=O) groups excluding carboxylic acids is 6. The molecule has 3 aliphatic heterocycles. The maximum Gasteiger partial charge on any atom is 0.416 e. The molecule has 3 heterocycles. The summed E-state index contributed by atoms with van der Waals surface area (Å²) in [6, 6.07) is 52.3. The summed E-state index contributed by atoms with van der Waals surface area (Å²) in [7, 11) is 1.62. The van der Waals surface area contributed by atoms with Crippen molar-refractivity contribution in [1.82, 2.24) is 0 Å². The van der Waals surface area contributed by atoms with Crippen LogP contribution in [0.1, 0.15) is 113 Å². The zero-order chi connectivity index (χ0) is 71.8. The fourth-order valence-corrected chi connectivity index (χ4v) is 11.7. The molecule has 0 aliphatic carbocycles. The summed E-state index contributed by atoms with van der Waals surface area (Å²) < 4.78 is 140. The van der Waals surface area contributed by atoms with Gasteiger partial charge in [-0.3, -0.25) is 28.8 Å². The Morgan fingerprint density at radius 3 is 1.26 bits per heavy atom. The first-order chi connectivity index (χ1) is 47.5. The van der Waals surface area contributed by atoms with Gasteiger partial charge in [0.1, 0.15) is 41.1 Å². The van der Waals surface area contributed by atoms with Gasteiger partial charge in [-0.25, -0.2) is 0 Å². The van der Waals surface area contributed by atoms with E-state index in [0.717, 1.165) is 28.8 Å². The van der Waals surface area contributed by atoms with Crippen molar-refractivity contribution >= 4 is 52.5 Å². The molecule has 0 radical (unpaired) electrons. The Hall–Kier alpha value is -11.6. The Bertz CT molecular complexity index is 4510. The second-order valence-electron chi connectivity index (χ2n) is 23.8. The van der Waals surface area contributed by atoms with Crippen LogP contribution < -0.4 is 50.8 Å². The summed E-state index contributed by atoms with van der Waals surface area (Å²) in [6.45, 7) is 3.63. The van der Waals surface area contributed by atoms with Gasteiger partial charge in [-0.05, 0) is 157 Å². The molecular formula is C75H63F9N6O10. The topological polar surface area (TPSA) is 227 Å². The lowest BCUT2D eigenvalue weighted by Gasteiger charge is -2.19. The highest BCUT2D eigenvalue weighted by Crippen LogP contribution is 2.43. The summed E-state index contributed by atoms with van der Waals surface area (Å²) in [5, 5.41) is 0. The molecule has 3 atom stereocenters. The second kappa shape index (κ2) is 30.0. The Morgan fingerprint density at radius 1 is 0.420 bits per heavy atom. The SMILES string of the molecule is COc1ccc(C2CC(=O)N(c3cccc(C(N)=O)c3)C2)c(OCc2cccc(C)c2)c1.NC(=O)c1cccc(N2CC(c3cccc(Oc4cc(C(F)(F)F)cc(C(F)(F)F)c4)c3)CC2=O)c1.NC(=O)c1cccc(N2CC(c3cccc(Oc4ccc(C(F)(F)F)cc4)c3)CC2=O)c1. The minimum absolute atomic E-state index is 0.00271. The third-order valence-electron chi connectivity index (χ3n) is 16.7. The van der Waals surface area contributed by atoms with E-state index in [1.54, 1.807) is 95.8 Å². The fourth-order valence-electron chi connectivity index (χ4n) is 11.7. The lowest BCUT2D eigenvalue weighted by atomic mass is 9.97. The highest BCUT2D eigenvalue weighted by Gasteiger charge is 2.39. The van der Waals surface area contributed by atoms with Crippen LogP contribution in [0, 0.1) is 6.92 Å². The summed E-state index contributed by atoms with van der Waals surface area (Å²) >= 11 is 0. The van der Waals surface area contributed by atoms with Crippen LogP contribution in [0.25, 0.3) is 0 Å². The van der Waals surface area contributed by atoms with Crippen molar-refractivity contribution in [3.8, 4) is 34.5 Å². The summed E-state index contributed by atoms with van der Waals surface area (Å²) in [5.41, 5.74) is 19.7. The molecule has 0 saturated carbocycles. The maximum absolute atomic E-state index is 13.1. The van der Waals surface area contributed by atoms with Gasteiger partial charge in [-0.1, -0.05) is 78.4 Å². The highest BCUT2D eigenvalue weighted by molar-refractivity contribution is 6.01. The molecule has 0 bridgehead atoms. The molecule has 3 saturated heterocycles. The van der Waals surface area contributed by atoms with Crippen LogP contribution in [-0.2, 0) is 39.5 Å². The van der Waals surface area contributed by atoms with Crippen LogP contribution in [-0.4, -0.2) is 62.2 Å². The summed E-state index contributed by atoms with van der Waals surface area (Å²) in [5.74, 6) is -0.967. The van der Waals surface area contributed by atoms with Crippen molar-refractivity contribution in [1.29, 1.82) is 0 Å². The summed E-state index contributed by atoms with van der Waals surface area (Å²) in [4.78, 5) is 77.3. The van der Waals surface area contributed by atoms with Gasteiger partial charge in [0.15, 0.2) is 0 Å². The first-order valence-corrected chi connectivity index (χ1v) is 31.0. The molecule has 25 heteroatoms. The molecule has 3 unspecified atom stereocenters. The van der Waals surface area contributed by atoms with Gasteiger partial charge in [-0.2, -0.15) is 39.5 Å². The molecule has 3 fully saturated rings. The Balaban J connectivity index is 0.000000162. The van der Waals surface area contributed by atoms with Gasteiger partial charge in [0.25, 0.3) is 0 Å². The largest absolute Gasteiger partial charge is 0.497 e. The van der Waals surface area contributed by atoms with E-state index in [-0.39, 0.29) is 78.0 Å². The Labute approximate surface area is 567 Å². The number of nitrogens with two attached hydrogens (primary N) is 3. The van der Waals surface area contributed by atoms with Gasteiger partial charge < -0.3 is 50.8 Å². The van der Waals surface area contributed by atoms with Crippen molar-refractivity contribution in [2.45, 2.75) is 69.1 Å². The maximum atomic E-state index is 13.1. The van der Waals surface area contributed by atoms with E-state index in [4.69, 9.17) is 36.1 Å². The molecule has 6 amide bonds. The minimum atomic E-state index is -5.00. The molecule has 0 aromatic heterocycles. The Morgan fingerprint density at radius 2 is 0.830 bits per heavy atom. The van der Waals surface area contributed by atoms with Crippen molar-refractivity contribution in [2.24, 2.45) is 17.2 Å². The average Bonchev–Trinajstić information content (AvgIpc) is 1.43. The van der Waals surface area contributed by atoms with E-state index in [9.17, 15) is 68.3 Å². The van der Waals surface area contributed by atoms with E-state index in [1.165, 1.54) is 52.9 Å². The van der Waals surface area contributed by atoms with Crippen LogP contribution in [0.2, 0.25) is 0 Å². The molecule has 0 spiro atoms. The number of hydrogen-bond donors (Lipinski definition) is 3. The number of benzene rings is 9. The van der Waals surface area contributed by atoms with Crippen LogP contribution in [0.5, 0.6) is 34.5 Å². The van der Waals surface area contributed by atoms with E-state index in [0.29, 0.717) is 89.3 Å². The van der Waals surface area contributed by atoms with Crippen LogP contribution >= 0.6 is 0 Å². The zero-order valence-corrected chi connectivity index (χ0v) is 53.4. The fraction of sp³-hybridized carbons (Fsp3) is 0.200. The lowest BCUT2D eigenvalue weighted by molar-refractivity contribution is -0.143. The van der Waals surface area contributed by atoms with Crippen LogP contribution in [0.15, 0.2) is 206 Å². The number of anilines is 3. The Kier molecular flexibility index (Phi) is 21.4. The molecule has 16 nitrogen and oxygen atoms in total. The zero-order valence-electron chi connectivity index (χ0n) is 53.4. The summed E-state index contributed by atoms with van der Waals surface area (Å²) in [6.07, 6.45) is -13.7. The number of methoxy groups -OCH3 is 1. The molecule has 12 rings (SSSR count). The number of ether oxygens (including phenoxy) is 4. The lowest BCUT2D eigenvalue weighted by Crippen LogP contribution is -2.25. The van der Waals surface area contributed by atoms with Crippen LogP contribution in [0.3, 0.4) is 0 Å². The van der Waals surface area contributed by atoms with Crippen molar-refractivity contribution in [3.63, 3.8) is 0 Å².